The Bertz CT molecular complexity index is 896. The van der Waals surface area contributed by atoms with Crippen LogP contribution in [-0.4, -0.2) is 29.8 Å². The van der Waals surface area contributed by atoms with Crippen molar-refractivity contribution in [1.82, 2.24) is 4.90 Å². The van der Waals surface area contributed by atoms with Crippen LogP contribution in [0.2, 0.25) is 0 Å². The van der Waals surface area contributed by atoms with Crippen molar-refractivity contribution in [3.05, 3.63) is 64.2 Å². The van der Waals surface area contributed by atoms with Crippen molar-refractivity contribution in [3.63, 3.8) is 0 Å². The second kappa shape index (κ2) is 8.09. The van der Waals surface area contributed by atoms with Gasteiger partial charge in [-0.1, -0.05) is 17.7 Å². The van der Waals surface area contributed by atoms with E-state index in [2.05, 4.69) is 5.32 Å². The number of amides is 2. The highest BCUT2D eigenvalue weighted by Crippen LogP contribution is 2.25. The first-order valence-corrected chi connectivity index (χ1v) is 9.39. The zero-order valence-corrected chi connectivity index (χ0v) is 16.3. The summed E-state index contributed by atoms with van der Waals surface area (Å²) in [7, 11) is 0. The summed E-state index contributed by atoms with van der Waals surface area (Å²) in [5.74, 6) is -2.59. The van der Waals surface area contributed by atoms with Crippen LogP contribution >= 0.6 is 0 Å². The molecule has 28 heavy (non-hydrogen) atoms. The number of nitrogens with one attached hydrogen (secondary N) is 1. The second-order valence-electron chi connectivity index (χ2n) is 7.46. The summed E-state index contributed by atoms with van der Waals surface area (Å²) in [5, 5.41) is 3.03. The van der Waals surface area contributed by atoms with Gasteiger partial charge in [-0.2, -0.15) is 0 Å². The molecule has 0 aliphatic carbocycles. The number of halogens is 2. The average molecular weight is 386 g/mol. The number of piperidine rings is 1. The van der Waals surface area contributed by atoms with Crippen molar-refractivity contribution in [2.45, 2.75) is 33.6 Å². The fourth-order valence-corrected chi connectivity index (χ4v) is 3.76. The highest BCUT2D eigenvalue weighted by atomic mass is 19.2. The van der Waals surface area contributed by atoms with Gasteiger partial charge < -0.3 is 10.2 Å². The number of hydrogen-bond donors (Lipinski definition) is 1. The number of carbonyl (C=O) groups excluding carboxylic acids is 2. The van der Waals surface area contributed by atoms with Crippen LogP contribution in [0.3, 0.4) is 0 Å². The van der Waals surface area contributed by atoms with Gasteiger partial charge in [0.05, 0.1) is 0 Å². The topological polar surface area (TPSA) is 49.4 Å². The van der Waals surface area contributed by atoms with E-state index in [1.165, 1.54) is 6.07 Å². The maximum Gasteiger partial charge on any atom is 0.253 e. The minimum Gasteiger partial charge on any atom is -0.339 e. The predicted molar refractivity (Wildman–Crippen MR) is 104 cm³/mol. The van der Waals surface area contributed by atoms with Gasteiger partial charge in [0, 0.05) is 30.3 Å². The summed E-state index contributed by atoms with van der Waals surface area (Å²) in [6.07, 6.45) is 1.07. The molecule has 6 heteroatoms. The monoisotopic (exact) mass is 386 g/mol. The Morgan fingerprint density at radius 3 is 2.14 bits per heavy atom. The minimum absolute atomic E-state index is 0.0463. The Kier molecular flexibility index (Phi) is 5.77. The van der Waals surface area contributed by atoms with Gasteiger partial charge in [0.15, 0.2) is 11.6 Å². The molecule has 3 rings (SSSR count). The van der Waals surface area contributed by atoms with E-state index >= 15 is 0 Å². The maximum absolute atomic E-state index is 13.4. The molecule has 0 atom stereocenters. The molecule has 0 aromatic heterocycles. The number of likely N-dealkylation sites (tertiary alicyclic amines) is 1. The first-order valence-electron chi connectivity index (χ1n) is 9.39. The molecule has 2 aromatic rings. The molecule has 0 unspecified atom stereocenters. The van der Waals surface area contributed by atoms with Crippen molar-refractivity contribution in [2.24, 2.45) is 5.92 Å². The predicted octanol–water partition coefficient (Wildman–Crippen LogP) is 4.38. The molecule has 4 nitrogen and oxygen atoms in total. The molecule has 0 radical (unpaired) electrons. The van der Waals surface area contributed by atoms with Crippen LogP contribution in [0.25, 0.3) is 0 Å². The number of carbonyl (C=O) groups is 2. The lowest BCUT2D eigenvalue weighted by Gasteiger charge is -2.31. The molecule has 2 aromatic carbocycles. The number of hydrogen-bond acceptors (Lipinski definition) is 2. The smallest absolute Gasteiger partial charge is 0.253 e. The zero-order valence-electron chi connectivity index (χ0n) is 16.3. The summed E-state index contributed by atoms with van der Waals surface area (Å²) in [5.41, 5.74) is 4.16. The fourth-order valence-electron chi connectivity index (χ4n) is 3.76. The lowest BCUT2D eigenvalue weighted by atomic mass is 9.94. The van der Waals surface area contributed by atoms with E-state index in [4.69, 9.17) is 0 Å². The fraction of sp³-hybridized carbons (Fsp3) is 0.364. The highest BCUT2D eigenvalue weighted by Gasteiger charge is 2.28. The van der Waals surface area contributed by atoms with Gasteiger partial charge in [-0.3, -0.25) is 9.59 Å². The average Bonchev–Trinajstić information content (AvgIpc) is 2.66. The first kappa shape index (κ1) is 20.0. The Hall–Kier alpha value is -2.76. The minimum atomic E-state index is -1.04. The first-order chi connectivity index (χ1) is 13.3. The standard InChI is InChI=1S/C22H24F2N2O2/c1-13-10-14(2)20(15(3)11-13)25-21(27)16-6-8-26(9-7-16)22(28)17-4-5-18(23)19(24)12-17/h4-5,10-12,16H,6-9H2,1-3H3,(H,25,27). The zero-order chi connectivity index (χ0) is 20.4. The van der Waals surface area contributed by atoms with Crippen LogP contribution in [0, 0.1) is 38.3 Å². The van der Waals surface area contributed by atoms with E-state index in [1.54, 1.807) is 4.90 Å². The van der Waals surface area contributed by atoms with E-state index in [1.807, 2.05) is 32.9 Å². The SMILES string of the molecule is Cc1cc(C)c(NC(=O)C2CCN(C(=O)c3ccc(F)c(F)c3)CC2)c(C)c1. The lowest BCUT2D eigenvalue weighted by Crippen LogP contribution is -2.41. The van der Waals surface area contributed by atoms with E-state index < -0.39 is 11.6 Å². The van der Waals surface area contributed by atoms with E-state index in [0.29, 0.717) is 25.9 Å². The molecule has 2 amide bonds. The normalized spacial score (nSPS) is 14.8. The Morgan fingerprint density at radius 1 is 0.964 bits per heavy atom. The quantitative estimate of drug-likeness (QED) is 0.851. The summed E-state index contributed by atoms with van der Waals surface area (Å²) in [6.45, 7) is 6.77. The lowest BCUT2D eigenvalue weighted by molar-refractivity contribution is -0.121. The third-order valence-corrected chi connectivity index (χ3v) is 5.24. The van der Waals surface area contributed by atoms with E-state index in [-0.39, 0.29) is 23.3 Å². The molecule has 1 aliphatic heterocycles. The number of aryl methyl sites for hydroxylation is 3. The summed E-state index contributed by atoms with van der Waals surface area (Å²) >= 11 is 0. The van der Waals surface area contributed by atoms with E-state index in [0.717, 1.165) is 34.5 Å². The van der Waals surface area contributed by atoms with Gasteiger partial charge in [-0.25, -0.2) is 8.78 Å². The van der Waals surface area contributed by atoms with Crippen molar-refractivity contribution in [2.75, 3.05) is 18.4 Å². The van der Waals surface area contributed by atoms with Gasteiger partial charge in [-0.05, 0) is 62.9 Å². The van der Waals surface area contributed by atoms with Gasteiger partial charge >= 0.3 is 0 Å². The van der Waals surface area contributed by atoms with Crippen LogP contribution in [0.1, 0.15) is 39.9 Å². The Morgan fingerprint density at radius 2 is 1.57 bits per heavy atom. The Labute approximate surface area is 163 Å². The maximum atomic E-state index is 13.4. The van der Waals surface area contributed by atoms with Gasteiger partial charge in [-0.15, -0.1) is 0 Å². The number of nitrogens with zero attached hydrogens (tertiary/aromatic N) is 1. The molecule has 1 fully saturated rings. The molecule has 1 heterocycles. The van der Waals surface area contributed by atoms with Crippen molar-refractivity contribution in [1.29, 1.82) is 0 Å². The van der Waals surface area contributed by atoms with Crippen molar-refractivity contribution < 1.29 is 18.4 Å². The molecule has 0 spiro atoms. The summed E-state index contributed by atoms with van der Waals surface area (Å²) < 4.78 is 26.4. The van der Waals surface area contributed by atoms with Crippen molar-refractivity contribution >= 4 is 17.5 Å². The summed E-state index contributed by atoms with van der Waals surface area (Å²) in [4.78, 5) is 26.8. The van der Waals surface area contributed by atoms with Crippen LogP contribution in [0.15, 0.2) is 30.3 Å². The molecular formula is C22H24F2N2O2. The molecular weight excluding hydrogens is 362 g/mol. The molecule has 1 N–H and O–H groups in total. The molecule has 0 saturated carbocycles. The molecule has 1 saturated heterocycles. The van der Waals surface area contributed by atoms with Crippen molar-refractivity contribution in [3.8, 4) is 0 Å². The number of benzene rings is 2. The van der Waals surface area contributed by atoms with Crippen LogP contribution < -0.4 is 5.32 Å². The third-order valence-electron chi connectivity index (χ3n) is 5.24. The van der Waals surface area contributed by atoms with Crippen LogP contribution in [0.5, 0.6) is 0 Å². The van der Waals surface area contributed by atoms with Gasteiger partial charge in [0.2, 0.25) is 5.91 Å². The molecule has 0 bridgehead atoms. The number of anilines is 1. The highest BCUT2D eigenvalue weighted by molar-refractivity contribution is 5.96. The Balaban J connectivity index is 1.61. The second-order valence-corrected chi connectivity index (χ2v) is 7.46. The molecule has 148 valence electrons. The third kappa shape index (κ3) is 4.21. The number of rotatable bonds is 3. The largest absolute Gasteiger partial charge is 0.339 e. The molecule has 1 aliphatic rings. The van der Waals surface area contributed by atoms with Crippen LogP contribution in [-0.2, 0) is 4.79 Å². The van der Waals surface area contributed by atoms with Gasteiger partial charge in [0.1, 0.15) is 0 Å². The van der Waals surface area contributed by atoms with Gasteiger partial charge in [0.25, 0.3) is 5.91 Å². The van der Waals surface area contributed by atoms with E-state index in [9.17, 15) is 18.4 Å². The summed E-state index contributed by atoms with van der Waals surface area (Å²) in [6, 6.07) is 7.22. The van der Waals surface area contributed by atoms with Crippen LogP contribution in [0.4, 0.5) is 14.5 Å².